The lowest BCUT2D eigenvalue weighted by molar-refractivity contribution is 0.373. The van der Waals surface area contributed by atoms with Gasteiger partial charge in [0.25, 0.3) is 10.0 Å². The van der Waals surface area contributed by atoms with Crippen molar-refractivity contribution < 1.29 is 27.2 Å². The lowest BCUT2D eigenvalue weighted by Gasteiger charge is -2.14. The monoisotopic (exact) mass is 474 g/mol. The molecule has 174 valence electrons. The van der Waals surface area contributed by atoms with Crippen LogP contribution in [-0.4, -0.2) is 49.9 Å². The number of sulfonamides is 1. The Labute approximate surface area is 189 Å². The van der Waals surface area contributed by atoms with E-state index in [4.69, 9.17) is 18.7 Å². The van der Waals surface area contributed by atoms with Crippen molar-refractivity contribution in [2.75, 3.05) is 31.4 Å². The van der Waals surface area contributed by atoms with E-state index in [9.17, 15) is 8.42 Å². The molecule has 2 aromatic heterocycles. The molecule has 0 amide bonds. The van der Waals surface area contributed by atoms with Gasteiger partial charge in [0.1, 0.15) is 17.2 Å². The van der Waals surface area contributed by atoms with Gasteiger partial charge >= 0.3 is 0 Å². The van der Waals surface area contributed by atoms with Gasteiger partial charge < -0.3 is 24.1 Å². The van der Waals surface area contributed by atoms with Gasteiger partial charge in [0, 0.05) is 12.6 Å². The first kappa shape index (κ1) is 22.2. The average Bonchev–Trinajstić information content (AvgIpc) is 3.44. The van der Waals surface area contributed by atoms with Gasteiger partial charge in [-0.1, -0.05) is 16.4 Å². The first-order valence-electron chi connectivity index (χ1n) is 9.78. The maximum atomic E-state index is 13.2. The lowest BCUT2D eigenvalue weighted by Crippen LogP contribution is -2.15. The lowest BCUT2D eigenvalue weighted by atomic mass is 10.2. The Balaban J connectivity index is 1.71. The van der Waals surface area contributed by atoms with Crippen LogP contribution < -0.4 is 24.2 Å². The molecule has 2 N–H and O–H groups in total. The Morgan fingerprint density at radius 2 is 1.76 bits per heavy atom. The summed E-state index contributed by atoms with van der Waals surface area (Å²) in [6, 6.07) is 7.91. The molecule has 4 aromatic rings. The highest BCUT2D eigenvalue weighted by Gasteiger charge is 2.27. The van der Waals surface area contributed by atoms with Gasteiger partial charge in [-0.25, -0.2) is 8.42 Å². The minimum Gasteiger partial charge on any atom is -0.495 e. The highest BCUT2D eigenvalue weighted by atomic mass is 32.2. The second kappa shape index (κ2) is 8.86. The van der Waals surface area contributed by atoms with Crippen LogP contribution in [0.1, 0.15) is 6.92 Å². The summed E-state index contributed by atoms with van der Waals surface area (Å²) >= 11 is 0. The minimum atomic E-state index is -4.14. The number of nitrogens with one attached hydrogen (secondary N) is 2. The summed E-state index contributed by atoms with van der Waals surface area (Å²) in [7, 11) is 0.0993. The molecule has 4 rings (SSSR count). The normalized spacial score (nSPS) is 11.4. The number of hydrogen-bond donors (Lipinski definition) is 2. The van der Waals surface area contributed by atoms with E-state index in [1.54, 1.807) is 29.1 Å². The molecule has 0 unspecified atom stereocenters. The highest BCUT2D eigenvalue weighted by molar-refractivity contribution is 7.93. The number of hydrogen-bond acceptors (Lipinski definition) is 10. The molecule has 0 aliphatic heterocycles. The molecule has 0 saturated carbocycles. The number of nitrogens with zero attached hydrogens (tertiary/aromatic N) is 4. The standard InChI is InChI=1S/C20H22N6O6S/c1-5-26-11-18(22-25-26)21-13-10-16-12(9-17(13)31-4)20(23-32-16)24-33(27,28)19-14(29-2)7-6-8-15(19)30-3/h6-11,21H,5H2,1-4H3,(H,23,24). The van der Waals surface area contributed by atoms with Gasteiger partial charge in [-0.05, 0) is 25.1 Å². The molecule has 0 bridgehead atoms. The fourth-order valence-electron chi connectivity index (χ4n) is 3.21. The Morgan fingerprint density at radius 1 is 1.06 bits per heavy atom. The van der Waals surface area contributed by atoms with Crippen LogP contribution in [-0.2, 0) is 16.6 Å². The summed E-state index contributed by atoms with van der Waals surface area (Å²) < 4.78 is 51.7. The van der Waals surface area contributed by atoms with Crippen LogP contribution >= 0.6 is 0 Å². The average molecular weight is 474 g/mol. The van der Waals surface area contributed by atoms with Crippen LogP contribution in [0, 0.1) is 0 Å². The molecule has 0 aliphatic carbocycles. The van der Waals surface area contributed by atoms with Crippen LogP contribution in [0.15, 0.2) is 45.9 Å². The molecule has 0 fully saturated rings. The molecule has 2 aromatic carbocycles. The number of methoxy groups -OCH3 is 3. The molecule has 0 radical (unpaired) electrons. The smallest absolute Gasteiger partial charge is 0.270 e. The van der Waals surface area contributed by atoms with Gasteiger partial charge in [0.15, 0.2) is 22.1 Å². The van der Waals surface area contributed by atoms with Gasteiger partial charge in [0.2, 0.25) is 0 Å². The third-order valence-corrected chi connectivity index (χ3v) is 6.20. The van der Waals surface area contributed by atoms with E-state index in [2.05, 4.69) is 25.5 Å². The molecule has 0 spiro atoms. The maximum absolute atomic E-state index is 13.2. The second-order valence-corrected chi connectivity index (χ2v) is 8.38. The minimum absolute atomic E-state index is 0.0141. The number of benzene rings is 2. The van der Waals surface area contributed by atoms with Crippen molar-refractivity contribution in [3.8, 4) is 17.2 Å². The number of anilines is 3. The van der Waals surface area contributed by atoms with E-state index in [1.807, 2.05) is 6.92 Å². The van der Waals surface area contributed by atoms with E-state index in [0.29, 0.717) is 34.8 Å². The number of fused-ring (bicyclic) bond motifs is 1. The van der Waals surface area contributed by atoms with Gasteiger partial charge in [-0.2, -0.15) is 0 Å². The highest BCUT2D eigenvalue weighted by Crippen LogP contribution is 2.38. The zero-order valence-electron chi connectivity index (χ0n) is 18.3. The van der Waals surface area contributed by atoms with Crippen molar-refractivity contribution in [2.24, 2.45) is 0 Å². The van der Waals surface area contributed by atoms with Crippen molar-refractivity contribution in [1.29, 1.82) is 0 Å². The van der Waals surface area contributed by atoms with Gasteiger partial charge in [0.05, 0.1) is 38.6 Å². The molecule has 0 aliphatic rings. The fraction of sp³-hybridized carbons (Fsp3) is 0.250. The summed E-state index contributed by atoms with van der Waals surface area (Å²) in [6.45, 7) is 2.62. The molecule has 2 heterocycles. The molecule has 13 heteroatoms. The molecule has 12 nitrogen and oxygen atoms in total. The quantitative estimate of drug-likeness (QED) is 0.371. The Hall–Kier alpha value is -4.00. The van der Waals surface area contributed by atoms with Crippen LogP contribution in [0.25, 0.3) is 11.0 Å². The number of aryl methyl sites for hydroxylation is 1. The Morgan fingerprint density at radius 3 is 2.36 bits per heavy atom. The second-order valence-electron chi connectivity index (χ2n) is 6.76. The van der Waals surface area contributed by atoms with Gasteiger partial charge in [-0.3, -0.25) is 9.40 Å². The van der Waals surface area contributed by atoms with Crippen LogP contribution in [0.5, 0.6) is 17.2 Å². The third-order valence-electron chi connectivity index (χ3n) is 4.80. The van der Waals surface area contributed by atoms with Crippen molar-refractivity contribution >= 4 is 38.3 Å². The summed E-state index contributed by atoms with van der Waals surface area (Å²) in [5, 5.41) is 15.4. The van der Waals surface area contributed by atoms with E-state index >= 15 is 0 Å². The number of ether oxygens (including phenoxy) is 3. The van der Waals surface area contributed by atoms with E-state index in [-0.39, 0.29) is 22.2 Å². The van der Waals surface area contributed by atoms with Crippen molar-refractivity contribution in [3.05, 3.63) is 36.5 Å². The van der Waals surface area contributed by atoms with Crippen molar-refractivity contribution in [3.63, 3.8) is 0 Å². The van der Waals surface area contributed by atoms with Crippen molar-refractivity contribution in [2.45, 2.75) is 18.4 Å². The first-order valence-corrected chi connectivity index (χ1v) is 11.3. The Bertz CT molecular complexity index is 1380. The third kappa shape index (κ3) is 4.22. The zero-order chi connectivity index (χ0) is 23.6. The molecular formula is C20H22N6O6S. The van der Waals surface area contributed by atoms with E-state index in [0.717, 1.165) is 0 Å². The summed E-state index contributed by atoms with van der Waals surface area (Å²) in [5.74, 6) is 1.17. The maximum Gasteiger partial charge on any atom is 0.270 e. The topological polar surface area (TPSA) is 143 Å². The van der Waals surface area contributed by atoms with E-state index in [1.165, 1.54) is 33.5 Å². The van der Waals surface area contributed by atoms with Crippen LogP contribution in [0.3, 0.4) is 0 Å². The summed E-state index contributed by atoms with van der Waals surface area (Å²) in [5.41, 5.74) is 0.871. The predicted octanol–water partition coefficient (Wildman–Crippen LogP) is 3.01. The zero-order valence-corrected chi connectivity index (χ0v) is 19.1. The summed E-state index contributed by atoms with van der Waals surface area (Å²) in [4.78, 5) is -0.157. The SMILES string of the molecule is CCn1cc(Nc2cc3onc(NS(=O)(=O)c4c(OC)cccc4OC)c3cc2OC)nn1. The van der Waals surface area contributed by atoms with E-state index < -0.39 is 10.0 Å². The number of rotatable bonds is 9. The summed E-state index contributed by atoms with van der Waals surface area (Å²) in [6.07, 6.45) is 1.74. The first-order chi connectivity index (χ1) is 15.9. The molecule has 0 atom stereocenters. The van der Waals surface area contributed by atoms with Crippen LogP contribution in [0.4, 0.5) is 17.3 Å². The Kier molecular flexibility index (Phi) is 5.96. The number of aromatic nitrogens is 4. The van der Waals surface area contributed by atoms with Crippen LogP contribution in [0.2, 0.25) is 0 Å². The molecule has 0 saturated heterocycles. The largest absolute Gasteiger partial charge is 0.495 e. The van der Waals surface area contributed by atoms with Crippen molar-refractivity contribution in [1.82, 2.24) is 20.2 Å². The predicted molar refractivity (Wildman–Crippen MR) is 120 cm³/mol. The van der Waals surface area contributed by atoms with Gasteiger partial charge in [-0.15, -0.1) is 5.10 Å². The molecule has 33 heavy (non-hydrogen) atoms. The fourth-order valence-corrected chi connectivity index (χ4v) is 4.55. The molecular weight excluding hydrogens is 452 g/mol.